The molecule has 0 bridgehead atoms. The average molecular weight is 197 g/mol. The van der Waals surface area contributed by atoms with Crippen LogP contribution in [0.2, 0.25) is 0 Å². The predicted octanol–water partition coefficient (Wildman–Crippen LogP) is -0.334. The molecule has 0 radical (unpaired) electrons. The molecule has 1 aromatic rings. The van der Waals surface area contributed by atoms with Crippen LogP contribution < -0.4 is 17.0 Å². The van der Waals surface area contributed by atoms with E-state index in [1.807, 2.05) is 0 Å². The second-order valence-corrected chi connectivity index (χ2v) is 3.12. The Morgan fingerprint density at radius 1 is 1.29 bits per heavy atom. The summed E-state index contributed by atoms with van der Waals surface area (Å²) in [7, 11) is 0. The number of nitrogens with zero attached hydrogens (tertiary/aromatic N) is 1. The van der Waals surface area contributed by atoms with Gasteiger partial charge in [0.25, 0.3) is 5.56 Å². The van der Waals surface area contributed by atoms with E-state index in [9.17, 15) is 9.59 Å². The fourth-order valence-electron chi connectivity index (χ4n) is 1.25. The molecule has 3 N–H and O–H groups in total. The SMILES string of the molecule is NCCCCCn1c(=O)cc[nH]c1=O. The summed E-state index contributed by atoms with van der Waals surface area (Å²) < 4.78 is 1.20. The lowest BCUT2D eigenvalue weighted by molar-refractivity contribution is 0.556. The molecule has 5 heteroatoms. The molecule has 5 nitrogen and oxygen atoms in total. The van der Waals surface area contributed by atoms with Gasteiger partial charge in [-0.25, -0.2) is 4.79 Å². The van der Waals surface area contributed by atoms with E-state index in [1.165, 1.54) is 16.8 Å². The highest BCUT2D eigenvalue weighted by Crippen LogP contribution is 1.93. The molecular weight excluding hydrogens is 182 g/mol. The molecule has 14 heavy (non-hydrogen) atoms. The molecule has 0 aliphatic heterocycles. The summed E-state index contributed by atoms with van der Waals surface area (Å²) in [4.78, 5) is 24.9. The van der Waals surface area contributed by atoms with Crippen molar-refractivity contribution in [3.05, 3.63) is 33.1 Å². The molecule has 1 heterocycles. The second-order valence-electron chi connectivity index (χ2n) is 3.12. The molecule has 0 aliphatic rings. The number of hydrogen-bond acceptors (Lipinski definition) is 3. The topological polar surface area (TPSA) is 80.9 Å². The molecule has 0 amide bonds. The Kier molecular flexibility index (Phi) is 4.12. The van der Waals surface area contributed by atoms with Crippen LogP contribution in [0.4, 0.5) is 0 Å². The van der Waals surface area contributed by atoms with E-state index in [0.29, 0.717) is 13.1 Å². The predicted molar refractivity (Wildman–Crippen MR) is 54.2 cm³/mol. The molecule has 0 unspecified atom stereocenters. The van der Waals surface area contributed by atoms with Crippen LogP contribution in [0.1, 0.15) is 19.3 Å². The molecule has 0 fully saturated rings. The van der Waals surface area contributed by atoms with Crippen molar-refractivity contribution in [3.8, 4) is 0 Å². The van der Waals surface area contributed by atoms with Crippen LogP contribution in [0.5, 0.6) is 0 Å². The van der Waals surface area contributed by atoms with Crippen molar-refractivity contribution in [2.75, 3.05) is 6.54 Å². The summed E-state index contributed by atoms with van der Waals surface area (Å²) in [5.74, 6) is 0. The van der Waals surface area contributed by atoms with Crippen LogP contribution in [0.3, 0.4) is 0 Å². The van der Waals surface area contributed by atoms with E-state index in [2.05, 4.69) is 4.98 Å². The van der Waals surface area contributed by atoms with Crippen molar-refractivity contribution in [1.29, 1.82) is 0 Å². The first-order chi connectivity index (χ1) is 6.75. The number of H-pyrrole nitrogens is 1. The smallest absolute Gasteiger partial charge is 0.328 e. The molecule has 0 atom stereocenters. The molecule has 0 aromatic carbocycles. The monoisotopic (exact) mass is 197 g/mol. The number of nitrogens with one attached hydrogen (secondary N) is 1. The number of nitrogens with two attached hydrogens (primary N) is 1. The van der Waals surface area contributed by atoms with Gasteiger partial charge in [0.2, 0.25) is 0 Å². The van der Waals surface area contributed by atoms with Crippen LogP contribution in [0.25, 0.3) is 0 Å². The quantitative estimate of drug-likeness (QED) is 0.634. The lowest BCUT2D eigenvalue weighted by Gasteiger charge is -2.02. The maximum Gasteiger partial charge on any atom is 0.328 e. The van der Waals surface area contributed by atoms with E-state index in [-0.39, 0.29) is 11.2 Å². The molecule has 78 valence electrons. The molecule has 1 aromatic heterocycles. The van der Waals surface area contributed by atoms with Gasteiger partial charge in [-0.05, 0) is 19.4 Å². The largest absolute Gasteiger partial charge is 0.330 e. The van der Waals surface area contributed by atoms with E-state index >= 15 is 0 Å². The highest BCUT2D eigenvalue weighted by atomic mass is 16.2. The maximum absolute atomic E-state index is 11.2. The van der Waals surface area contributed by atoms with E-state index in [4.69, 9.17) is 5.73 Å². The van der Waals surface area contributed by atoms with Crippen molar-refractivity contribution >= 4 is 0 Å². The first kappa shape index (κ1) is 10.7. The number of aromatic nitrogens is 2. The Morgan fingerprint density at radius 2 is 2.07 bits per heavy atom. The van der Waals surface area contributed by atoms with Gasteiger partial charge in [-0.2, -0.15) is 0 Å². The van der Waals surface area contributed by atoms with Gasteiger partial charge < -0.3 is 10.7 Å². The number of aromatic amines is 1. The minimum atomic E-state index is -0.342. The summed E-state index contributed by atoms with van der Waals surface area (Å²) in [5.41, 5.74) is 4.74. The van der Waals surface area contributed by atoms with Crippen molar-refractivity contribution < 1.29 is 0 Å². The third kappa shape index (κ3) is 2.85. The average Bonchev–Trinajstić information content (AvgIpc) is 2.16. The van der Waals surface area contributed by atoms with Gasteiger partial charge in [0, 0.05) is 18.8 Å². The number of rotatable bonds is 5. The van der Waals surface area contributed by atoms with Gasteiger partial charge >= 0.3 is 5.69 Å². The summed E-state index contributed by atoms with van der Waals surface area (Å²) in [5, 5.41) is 0. The van der Waals surface area contributed by atoms with Crippen molar-refractivity contribution in [1.82, 2.24) is 9.55 Å². The highest BCUT2D eigenvalue weighted by Gasteiger charge is 1.98. The van der Waals surface area contributed by atoms with Crippen molar-refractivity contribution in [2.45, 2.75) is 25.8 Å². The van der Waals surface area contributed by atoms with Gasteiger partial charge in [-0.15, -0.1) is 0 Å². The fourth-order valence-corrected chi connectivity index (χ4v) is 1.25. The lowest BCUT2D eigenvalue weighted by atomic mass is 10.2. The van der Waals surface area contributed by atoms with Crippen molar-refractivity contribution in [2.24, 2.45) is 5.73 Å². The van der Waals surface area contributed by atoms with Crippen LogP contribution in [0.15, 0.2) is 21.9 Å². The van der Waals surface area contributed by atoms with Gasteiger partial charge in [0.05, 0.1) is 0 Å². The zero-order chi connectivity index (χ0) is 10.4. The zero-order valence-electron chi connectivity index (χ0n) is 8.03. The Balaban J connectivity index is 2.59. The first-order valence-corrected chi connectivity index (χ1v) is 4.74. The van der Waals surface area contributed by atoms with E-state index in [1.54, 1.807) is 0 Å². The van der Waals surface area contributed by atoms with E-state index in [0.717, 1.165) is 19.3 Å². The van der Waals surface area contributed by atoms with Gasteiger partial charge in [0.1, 0.15) is 0 Å². The first-order valence-electron chi connectivity index (χ1n) is 4.74. The third-order valence-corrected chi connectivity index (χ3v) is 2.03. The van der Waals surface area contributed by atoms with Gasteiger partial charge in [0.15, 0.2) is 0 Å². The van der Waals surface area contributed by atoms with E-state index < -0.39 is 0 Å². The third-order valence-electron chi connectivity index (χ3n) is 2.03. The Bertz CT molecular complexity index is 352. The zero-order valence-corrected chi connectivity index (χ0v) is 8.03. The van der Waals surface area contributed by atoms with Gasteiger partial charge in [-0.3, -0.25) is 9.36 Å². The van der Waals surface area contributed by atoms with Crippen LogP contribution in [-0.2, 0) is 6.54 Å². The highest BCUT2D eigenvalue weighted by molar-refractivity contribution is 4.82. The van der Waals surface area contributed by atoms with Crippen LogP contribution in [0, 0.1) is 0 Å². The summed E-state index contributed by atoms with van der Waals surface area (Å²) in [6, 6.07) is 1.35. The second kappa shape index (κ2) is 5.39. The van der Waals surface area contributed by atoms with Crippen molar-refractivity contribution in [3.63, 3.8) is 0 Å². The Labute approximate surface area is 81.6 Å². The minimum absolute atomic E-state index is 0.249. The number of hydrogen-bond donors (Lipinski definition) is 2. The maximum atomic E-state index is 11.2. The fraction of sp³-hybridized carbons (Fsp3) is 0.556. The van der Waals surface area contributed by atoms with Crippen LogP contribution in [-0.4, -0.2) is 16.1 Å². The minimum Gasteiger partial charge on any atom is -0.330 e. The molecule has 0 saturated heterocycles. The summed E-state index contributed by atoms with van der Waals surface area (Å²) in [6.45, 7) is 1.12. The number of unbranched alkanes of at least 4 members (excludes halogenated alkanes) is 2. The molecular formula is C9H15N3O2. The molecule has 0 aliphatic carbocycles. The standard InChI is InChI=1S/C9H15N3O2/c10-5-2-1-3-7-12-8(13)4-6-11-9(12)14/h4,6H,1-3,5,7,10H2,(H,11,14). The summed E-state index contributed by atoms with van der Waals surface area (Å²) >= 11 is 0. The Morgan fingerprint density at radius 3 is 2.71 bits per heavy atom. The molecule has 0 spiro atoms. The van der Waals surface area contributed by atoms with Gasteiger partial charge in [-0.1, -0.05) is 6.42 Å². The molecule has 1 rings (SSSR count). The van der Waals surface area contributed by atoms with Crippen LogP contribution >= 0.6 is 0 Å². The summed E-state index contributed by atoms with van der Waals surface area (Å²) in [6.07, 6.45) is 4.04. The molecule has 0 saturated carbocycles. The Hall–Kier alpha value is -1.36. The normalized spacial score (nSPS) is 10.4. The lowest BCUT2D eigenvalue weighted by Crippen LogP contribution is -2.33.